The van der Waals surface area contributed by atoms with Gasteiger partial charge in [-0.05, 0) is 34.0 Å². The van der Waals surface area contributed by atoms with Gasteiger partial charge in [0, 0.05) is 24.9 Å². The van der Waals surface area contributed by atoms with Gasteiger partial charge in [-0.3, -0.25) is 4.79 Å². The summed E-state index contributed by atoms with van der Waals surface area (Å²) in [6.07, 6.45) is 4.45. The van der Waals surface area contributed by atoms with E-state index in [2.05, 4.69) is 22.0 Å². The summed E-state index contributed by atoms with van der Waals surface area (Å²) in [5.41, 5.74) is 7.05. The number of para-hydroxylation sites is 1. The van der Waals surface area contributed by atoms with E-state index in [1.165, 1.54) is 5.56 Å². The number of hydrogen-bond donors (Lipinski definition) is 1. The van der Waals surface area contributed by atoms with Crippen LogP contribution in [0.15, 0.2) is 45.9 Å². The normalized spacial score (nSPS) is 17.4. The number of fused-ring (bicyclic) bond motifs is 1. The van der Waals surface area contributed by atoms with Crippen LogP contribution in [-0.2, 0) is 6.54 Å². The fourth-order valence-corrected chi connectivity index (χ4v) is 3.07. The molecule has 0 aliphatic carbocycles. The summed E-state index contributed by atoms with van der Waals surface area (Å²) in [6.45, 7) is 1.50. The first-order valence-corrected chi connectivity index (χ1v) is 7.31. The molecule has 0 spiro atoms. The topological polar surface area (TPSA) is 57.2 Å². The fraction of sp³-hybridized carbons (Fsp3) is 0.267. The number of aromatic nitrogens is 1. The molecule has 5 heteroatoms. The fourth-order valence-electron chi connectivity index (χ4n) is 2.58. The van der Waals surface area contributed by atoms with Crippen molar-refractivity contribution in [3.8, 4) is 5.75 Å². The number of nitrogens with two attached hydrogens (primary N) is 1. The molecule has 1 aliphatic rings. The van der Waals surface area contributed by atoms with Crippen molar-refractivity contribution >= 4 is 21.6 Å². The molecule has 0 bridgehead atoms. The lowest BCUT2D eigenvalue weighted by Crippen LogP contribution is -2.20. The quantitative estimate of drug-likeness (QED) is 0.918. The highest BCUT2D eigenvalue weighted by molar-refractivity contribution is 9.10. The third-order valence-corrected chi connectivity index (χ3v) is 4.14. The van der Waals surface area contributed by atoms with E-state index in [0.29, 0.717) is 10.4 Å². The Balaban J connectivity index is 1.91. The van der Waals surface area contributed by atoms with Crippen molar-refractivity contribution in [1.29, 1.82) is 0 Å². The molecule has 0 amide bonds. The van der Waals surface area contributed by atoms with Crippen molar-refractivity contribution in [3.63, 3.8) is 0 Å². The molecule has 1 aromatic heterocycles. The molecule has 2 heterocycles. The van der Waals surface area contributed by atoms with E-state index in [1.807, 2.05) is 22.8 Å². The van der Waals surface area contributed by atoms with Gasteiger partial charge in [-0.15, -0.1) is 0 Å². The van der Waals surface area contributed by atoms with Gasteiger partial charge < -0.3 is 15.0 Å². The zero-order valence-electron chi connectivity index (χ0n) is 10.9. The van der Waals surface area contributed by atoms with Gasteiger partial charge in [0.25, 0.3) is 0 Å². The van der Waals surface area contributed by atoms with Gasteiger partial charge >= 0.3 is 0 Å². The van der Waals surface area contributed by atoms with Crippen LogP contribution in [-0.4, -0.2) is 11.2 Å². The molecular weight excluding hydrogens is 320 g/mol. The van der Waals surface area contributed by atoms with Crippen LogP contribution in [0.25, 0.3) is 0 Å². The lowest BCUT2D eigenvalue weighted by atomic mass is 9.93. The summed E-state index contributed by atoms with van der Waals surface area (Å²) in [6, 6.07) is 8.10. The van der Waals surface area contributed by atoms with E-state index in [1.54, 1.807) is 12.4 Å². The Morgan fingerprint density at radius 3 is 2.95 bits per heavy atom. The van der Waals surface area contributed by atoms with Crippen LogP contribution < -0.4 is 15.9 Å². The van der Waals surface area contributed by atoms with Crippen molar-refractivity contribution < 1.29 is 4.74 Å². The smallest absolute Gasteiger partial charge is 0.218 e. The van der Waals surface area contributed by atoms with Crippen LogP contribution in [0.4, 0.5) is 5.69 Å². The van der Waals surface area contributed by atoms with E-state index in [-0.39, 0.29) is 11.1 Å². The maximum absolute atomic E-state index is 11.6. The molecule has 1 atom stereocenters. The molecule has 0 saturated carbocycles. The first-order valence-electron chi connectivity index (χ1n) is 6.52. The summed E-state index contributed by atoms with van der Waals surface area (Å²) >= 11 is 3.26. The minimum atomic E-state index is -0.159. The Bertz CT molecular complexity index is 670. The SMILES string of the molecule is Nc1cn(CC2CCOc3ccccc32)cc(Br)c1=O. The monoisotopic (exact) mass is 334 g/mol. The summed E-state index contributed by atoms with van der Waals surface area (Å²) in [5, 5.41) is 0. The summed E-state index contributed by atoms with van der Waals surface area (Å²) in [5.74, 6) is 1.32. The number of hydrogen-bond acceptors (Lipinski definition) is 3. The molecular formula is C15H15BrN2O2. The predicted octanol–water partition coefficient (Wildman–Crippen LogP) is 2.76. The van der Waals surface area contributed by atoms with Crippen molar-refractivity contribution in [3.05, 3.63) is 56.9 Å². The average molecular weight is 335 g/mol. The number of halogens is 1. The van der Waals surface area contributed by atoms with Gasteiger partial charge in [0.2, 0.25) is 5.43 Å². The van der Waals surface area contributed by atoms with E-state index in [4.69, 9.17) is 10.5 Å². The van der Waals surface area contributed by atoms with Gasteiger partial charge in [0.1, 0.15) is 5.75 Å². The minimum absolute atomic E-state index is 0.159. The van der Waals surface area contributed by atoms with E-state index >= 15 is 0 Å². The number of ether oxygens (including phenoxy) is 1. The van der Waals surface area contributed by atoms with Gasteiger partial charge in [-0.25, -0.2) is 0 Å². The molecule has 1 aliphatic heterocycles. The molecule has 104 valence electrons. The first kappa shape index (κ1) is 13.2. The standard InChI is InChI=1S/C15H15BrN2O2/c16-12-8-18(9-13(17)15(12)19)7-10-5-6-20-14-4-2-1-3-11(10)14/h1-4,8-10H,5-7,17H2. The number of benzene rings is 1. The second-order valence-corrected chi connectivity index (χ2v) is 5.81. The van der Waals surface area contributed by atoms with Gasteiger partial charge in [-0.2, -0.15) is 0 Å². The average Bonchev–Trinajstić information content (AvgIpc) is 2.45. The predicted molar refractivity (Wildman–Crippen MR) is 82.1 cm³/mol. The van der Waals surface area contributed by atoms with Crippen LogP contribution in [0.3, 0.4) is 0 Å². The van der Waals surface area contributed by atoms with E-state index in [9.17, 15) is 4.79 Å². The number of nitrogen functional groups attached to an aromatic ring is 1. The third kappa shape index (κ3) is 2.45. The molecule has 0 fully saturated rings. The van der Waals surface area contributed by atoms with Crippen LogP contribution >= 0.6 is 15.9 Å². The molecule has 0 radical (unpaired) electrons. The highest BCUT2D eigenvalue weighted by atomic mass is 79.9. The molecule has 2 N–H and O–H groups in total. The van der Waals surface area contributed by atoms with Crippen molar-refractivity contribution in [2.45, 2.75) is 18.9 Å². The highest BCUT2D eigenvalue weighted by Gasteiger charge is 2.21. The highest BCUT2D eigenvalue weighted by Crippen LogP contribution is 2.34. The van der Waals surface area contributed by atoms with Gasteiger partial charge in [0.05, 0.1) is 16.8 Å². The second kappa shape index (κ2) is 5.32. The molecule has 4 nitrogen and oxygen atoms in total. The number of pyridine rings is 1. The van der Waals surface area contributed by atoms with E-state index in [0.717, 1.165) is 25.3 Å². The van der Waals surface area contributed by atoms with Crippen LogP contribution in [0.5, 0.6) is 5.75 Å². The van der Waals surface area contributed by atoms with E-state index < -0.39 is 0 Å². The first-order chi connectivity index (χ1) is 9.65. The summed E-state index contributed by atoms with van der Waals surface area (Å²) < 4.78 is 8.13. The molecule has 0 saturated heterocycles. The van der Waals surface area contributed by atoms with Crippen LogP contribution in [0.2, 0.25) is 0 Å². The molecule has 1 aromatic carbocycles. The zero-order valence-corrected chi connectivity index (χ0v) is 12.5. The summed E-state index contributed by atoms with van der Waals surface area (Å²) in [7, 11) is 0. The molecule has 2 aromatic rings. The lowest BCUT2D eigenvalue weighted by Gasteiger charge is -2.26. The largest absolute Gasteiger partial charge is 0.493 e. The van der Waals surface area contributed by atoms with Crippen molar-refractivity contribution in [2.75, 3.05) is 12.3 Å². The van der Waals surface area contributed by atoms with Crippen LogP contribution in [0.1, 0.15) is 17.9 Å². The number of nitrogens with zero attached hydrogens (tertiary/aromatic N) is 1. The molecule has 1 unspecified atom stereocenters. The Labute approximate surface area is 125 Å². The molecule has 3 rings (SSSR count). The Morgan fingerprint density at radius 1 is 1.35 bits per heavy atom. The Kier molecular flexibility index (Phi) is 3.53. The number of rotatable bonds is 2. The Hall–Kier alpha value is -1.75. The van der Waals surface area contributed by atoms with Gasteiger partial charge in [-0.1, -0.05) is 18.2 Å². The summed E-state index contributed by atoms with van der Waals surface area (Å²) in [4.78, 5) is 11.6. The third-order valence-electron chi connectivity index (χ3n) is 3.58. The lowest BCUT2D eigenvalue weighted by molar-refractivity contribution is 0.259. The zero-order chi connectivity index (χ0) is 14.1. The van der Waals surface area contributed by atoms with Crippen molar-refractivity contribution in [2.24, 2.45) is 0 Å². The van der Waals surface area contributed by atoms with Crippen molar-refractivity contribution in [1.82, 2.24) is 4.57 Å². The second-order valence-electron chi connectivity index (χ2n) is 4.96. The molecule has 20 heavy (non-hydrogen) atoms. The van der Waals surface area contributed by atoms with Gasteiger partial charge in [0.15, 0.2) is 0 Å². The number of anilines is 1. The van der Waals surface area contributed by atoms with Crippen LogP contribution in [0, 0.1) is 0 Å². The minimum Gasteiger partial charge on any atom is -0.493 e. The maximum Gasteiger partial charge on any atom is 0.218 e. The maximum atomic E-state index is 11.6. The Morgan fingerprint density at radius 2 is 2.15 bits per heavy atom.